The minimum Gasteiger partial charge on any atom is -0.493 e. The number of carbonyl (C=O) groups is 1. The average Bonchev–Trinajstić information content (AvgIpc) is 3.08. The first-order valence-electron chi connectivity index (χ1n) is 9.04. The van der Waals surface area contributed by atoms with E-state index in [1.54, 1.807) is 11.3 Å². The van der Waals surface area contributed by atoms with Crippen molar-refractivity contribution in [3.05, 3.63) is 64.0 Å². The lowest BCUT2D eigenvalue weighted by molar-refractivity contribution is -0.116. The van der Waals surface area contributed by atoms with Crippen LogP contribution in [-0.4, -0.2) is 17.5 Å². The summed E-state index contributed by atoms with van der Waals surface area (Å²) in [6, 6.07) is 13.9. The molecule has 0 aliphatic carbocycles. The summed E-state index contributed by atoms with van der Waals surface area (Å²) >= 11 is 1.63. The molecule has 0 saturated carbocycles. The Labute approximate surface area is 164 Å². The predicted molar refractivity (Wildman–Crippen MR) is 112 cm³/mol. The van der Waals surface area contributed by atoms with Crippen LogP contribution in [0.4, 0.5) is 5.69 Å². The second kappa shape index (κ2) is 8.82. The van der Waals surface area contributed by atoms with Crippen molar-refractivity contribution >= 4 is 22.9 Å². The van der Waals surface area contributed by atoms with Crippen molar-refractivity contribution in [2.24, 2.45) is 0 Å². The molecule has 0 bridgehead atoms. The number of aromatic nitrogens is 1. The van der Waals surface area contributed by atoms with Gasteiger partial charge in [0.2, 0.25) is 5.91 Å². The Bertz CT molecular complexity index is 896. The summed E-state index contributed by atoms with van der Waals surface area (Å²) in [5.41, 5.74) is 5.06. The van der Waals surface area contributed by atoms with Crippen LogP contribution >= 0.6 is 11.3 Å². The van der Waals surface area contributed by atoms with E-state index in [9.17, 15) is 4.79 Å². The molecule has 3 aromatic rings. The van der Waals surface area contributed by atoms with Gasteiger partial charge in [0.1, 0.15) is 5.75 Å². The van der Waals surface area contributed by atoms with Gasteiger partial charge in [0.15, 0.2) is 0 Å². The maximum Gasteiger partial charge on any atom is 0.224 e. The van der Waals surface area contributed by atoms with E-state index in [0.717, 1.165) is 38.8 Å². The molecule has 1 N–H and O–H groups in total. The molecule has 0 radical (unpaired) electrons. The van der Waals surface area contributed by atoms with Gasteiger partial charge in [-0.3, -0.25) is 4.79 Å². The number of nitrogens with one attached hydrogen (secondary N) is 1. The van der Waals surface area contributed by atoms with Gasteiger partial charge in [0.25, 0.3) is 0 Å². The lowest BCUT2D eigenvalue weighted by Crippen LogP contribution is -2.13. The van der Waals surface area contributed by atoms with E-state index < -0.39 is 0 Å². The van der Waals surface area contributed by atoms with Crippen molar-refractivity contribution in [2.75, 3.05) is 11.9 Å². The van der Waals surface area contributed by atoms with Crippen LogP contribution in [-0.2, 0) is 4.79 Å². The fourth-order valence-corrected chi connectivity index (χ4v) is 3.50. The van der Waals surface area contributed by atoms with Crippen LogP contribution in [0.25, 0.3) is 11.3 Å². The number of ether oxygens (including phenoxy) is 1. The standard InChI is InChI=1S/C22H24N2O2S/c1-15-6-4-7-16(2)22(15)26-13-5-8-21(25)24-19-11-9-18(10-12-19)20-14-27-17(3)23-20/h4,6-7,9-12,14H,5,8,13H2,1-3H3,(H,24,25). The van der Waals surface area contributed by atoms with Gasteiger partial charge in [-0.2, -0.15) is 0 Å². The molecule has 3 rings (SSSR count). The molecule has 0 aliphatic heterocycles. The molecule has 4 nitrogen and oxygen atoms in total. The number of nitrogens with zero attached hydrogens (tertiary/aromatic N) is 1. The van der Waals surface area contributed by atoms with Gasteiger partial charge < -0.3 is 10.1 Å². The fraction of sp³-hybridized carbons (Fsp3) is 0.273. The van der Waals surface area contributed by atoms with Crippen LogP contribution in [0.1, 0.15) is 29.0 Å². The fourth-order valence-electron chi connectivity index (χ4n) is 2.88. The molecule has 0 aliphatic rings. The lowest BCUT2D eigenvalue weighted by atomic mass is 10.1. The molecule has 0 unspecified atom stereocenters. The van der Waals surface area contributed by atoms with Crippen molar-refractivity contribution in [1.29, 1.82) is 0 Å². The molecule has 0 saturated heterocycles. The molecule has 140 valence electrons. The molecule has 0 spiro atoms. The number of anilines is 1. The van der Waals surface area contributed by atoms with Gasteiger partial charge in [0.05, 0.1) is 17.3 Å². The Morgan fingerprint density at radius 3 is 2.41 bits per heavy atom. The third-order valence-corrected chi connectivity index (χ3v) is 5.06. The van der Waals surface area contributed by atoms with Crippen LogP contribution in [0, 0.1) is 20.8 Å². The van der Waals surface area contributed by atoms with Gasteiger partial charge in [-0.15, -0.1) is 11.3 Å². The van der Waals surface area contributed by atoms with Gasteiger partial charge >= 0.3 is 0 Å². The second-order valence-corrected chi connectivity index (χ2v) is 7.61. The van der Waals surface area contributed by atoms with Crippen LogP contribution in [0.5, 0.6) is 5.75 Å². The van der Waals surface area contributed by atoms with Crippen molar-refractivity contribution < 1.29 is 9.53 Å². The molecule has 1 aromatic heterocycles. The number of hydrogen-bond donors (Lipinski definition) is 1. The van der Waals surface area contributed by atoms with Crippen LogP contribution in [0.2, 0.25) is 0 Å². The van der Waals surface area contributed by atoms with E-state index in [1.807, 2.05) is 68.6 Å². The first kappa shape index (κ1) is 19.1. The number of amides is 1. The van der Waals surface area contributed by atoms with Crippen LogP contribution in [0.3, 0.4) is 0 Å². The maximum atomic E-state index is 12.1. The number of carbonyl (C=O) groups excluding carboxylic acids is 1. The third-order valence-electron chi connectivity index (χ3n) is 4.29. The molecule has 2 aromatic carbocycles. The number of aryl methyl sites for hydroxylation is 3. The van der Waals surface area contributed by atoms with E-state index in [2.05, 4.69) is 10.3 Å². The quantitative estimate of drug-likeness (QED) is 0.548. The van der Waals surface area contributed by atoms with E-state index in [0.29, 0.717) is 19.4 Å². The molecule has 5 heteroatoms. The average molecular weight is 381 g/mol. The van der Waals surface area contributed by atoms with Crippen molar-refractivity contribution in [3.8, 4) is 17.0 Å². The summed E-state index contributed by atoms with van der Waals surface area (Å²) in [5, 5.41) is 6.02. The summed E-state index contributed by atoms with van der Waals surface area (Å²) in [6.45, 7) is 6.59. The molecule has 27 heavy (non-hydrogen) atoms. The molecular weight excluding hydrogens is 356 g/mol. The maximum absolute atomic E-state index is 12.1. The zero-order chi connectivity index (χ0) is 19.2. The Balaban J connectivity index is 1.45. The van der Waals surface area contributed by atoms with Gasteiger partial charge in [0, 0.05) is 23.1 Å². The summed E-state index contributed by atoms with van der Waals surface area (Å²) < 4.78 is 5.85. The highest BCUT2D eigenvalue weighted by atomic mass is 32.1. The lowest BCUT2D eigenvalue weighted by Gasteiger charge is -2.12. The highest BCUT2D eigenvalue weighted by Crippen LogP contribution is 2.24. The molecule has 1 heterocycles. The van der Waals surface area contributed by atoms with E-state index >= 15 is 0 Å². The summed E-state index contributed by atoms with van der Waals surface area (Å²) in [4.78, 5) is 16.6. The zero-order valence-electron chi connectivity index (χ0n) is 15.9. The Morgan fingerprint density at radius 2 is 1.78 bits per heavy atom. The van der Waals surface area contributed by atoms with Gasteiger partial charge in [-0.25, -0.2) is 4.98 Å². The summed E-state index contributed by atoms with van der Waals surface area (Å²) in [6.07, 6.45) is 1.10. The number of hydrogen-bond acceptors (Lipinski definition) is 4. The number of rotatable bonds is 7. The SMILES string of the molecule is Cc1nc(-c2ccc(NC(=O)CCCOc3c(C)cccc3C)cc2)cs1. The van der Waals surface area contributed by atoms with Gasteiger partial charge in [-0.05, 0) is 50.5 Å². The largest absolute Gasteiger partial charge is 0.493 e. The van der Waals surface area contributed by atoms with E-state index in [1.165, 1.54) is 0 Å². The van der Waals surface area contributed by atoms with Crippen molar-refractivity contribution in [3.63, 3.8) is 0 Å². The van der Waals surface area contributed by atoms with Crippen molar-refractivity contribution in [1.82, 2.24) is 4.98 Å². The number of thiazole rings is 1. The Morgan fingerprint density at radius 1 is 1.07 bits per heavy atom. The third kappa shape index (κ3) is 5.17. The summed E-state index contributed by atoms with van der Waals surface area (Å²) in [7, 11) is 0. The van der Waals surface area contributed by atoms with E-state index in [-0.39, 0.29) is 5.91 Å². The summed E-state index contributed by atoms with van der Waals surface area (Å²) in [5.74, 6) is 0.920. The zero-order valence-corrected chi connectivity index (χ0v) is 16.7. The predicted octanol–water partition coefficient (Wildman–Crippen LogP) is 5.53. The minimum absolute atomic E-state index is 0.00245. The first-order chi connectivity index (χ1) is 13.0. The highest BCUT2D eigenvalue weighted by Gasteiger charge is 2.07. The van der Waals surface area contributed by atoms with Crippen LogP contribution < -0.4 is 10.1 Å². The van der Waals surface area contributed by atoms with Gasteiger partial charge in [-0.1, -0.05) is 30.3 Å². The normalized spacial score (nSPS) is 10.6. The molecular formula is C22H24N2O2S. The Hall–Kier alpha value is -2.66. The van der Waals surface area contributed by atoms with Crippen LogP contribution in [0.15, 0.2) is 47.8 Å². The monoisotopic (exact) mass is 380 g/mol. The number of para-hydroxylation sites is 1. The van der Waals surface area contributed by atoms with Crippen molar-refractivity contribution in [2.45, 2.75) is 33.6 Å². The highest BCUT2D eigenvalue weighted by molar-refractivity contribution is 7.09. The number of benzene rings is 2. The molecule has 0 fully saturated rings. The first-order valence-corrected chi connectivity index (χ1v) is 9.92. The smallest absolute Gasteiger partial charge is 0.224 e. The Kier molecular flexibility index (Phi) is 6.24. The second-order valence-electron chi connectivity index (χ2n) is 6.55. The molecule has 1 amide bonds. The minimum atomic E-state index is -0.00245. The van der Waals surface area contributed by atoms with E-state index in [4.69, 9.17) is 4.74 Å². The molecule has 0 atom stereocenters. The topological polar surface area (TPSA) is 51.2 Å².